The molecule has 0 aliphatic carbocycles. The lowest BCUT2D eigenvalue weighted by molar-refractivity contribution is 0.306. The van der Waals surface area contributed by atoms with Gasteiger partial charge in [-0.25, -0.2) is 4.98 Å². The van der Waals surface area contributed by atoms with Gasteiger partial charge in [0, 0.05) is 18.3 Å². The van der Waals surface area contributed by atoms with Gasteiger partial charge in [0.25, 0.3) is 0 Å². The van der Waals surface area contributed by atoms with Crippen molar-refractivity contribution >= 4 is 5.82 Å². The molecule has 0 aliphatic rings. The largest absolute Gasteiger partial charge is 0.489 e. The van der Waals surface area contributed by atoms with Crippen LogP contribution < -0.4 is 10.1 Å². The fourth-order valence-electron chi connectivity index (χ4n) is 2.16. The fourth-order valence-corrected chi connectivity index (χ4v) is 2.16. The summed E-state index contributed by atoms with van der Waals surface area (Å²) in [6.45, 7) is 5.80. The van der Waals surface area contributed by atoms with E-state index in [0.717, 1.165) is 36.5 Å². The van der Waals surface area contributed by atoms with Crippen LogP contribution >= 0.6 is 0 Å². The van der Waals surface area contributed by atoms with Crippen molar-refractivity contribution in [2.45, 2.75) is 39.7 Å². The van der Waals surface area contributed by atoms with Crippen LogP contribution in [-0.2, 0) is 13.0 Å². The topological polar surface area (TPSA) is 34.2 Å². The summed E-state index contributed by atoms with van der Waals surface area (Å²) >= 11 is 0. The Kier molecular flexibility index (Phi) is 6.07. The smallest absolute Gasteiger partial charge is 0.132 e. The van der Waals surface area contributed by atoms with Gasteiger partial charge in [-0.3, -0.25) is 0 Å². The standard InChI is InChI=1S/C18H24N2O/c1-3-6-15-8-10-17(11-9-15)21-14-16-7-5-13-20-18(16)19-12-4-2/h5,7-11,13H,3-4,6,12,14H2,1-2H3,(H,19,20). The maximum atomic E-state index is 5.87. The van der Waals surface area contributed by atoms with Gasteiger partial charge in [-0.15, -0.1) is 0 Å². The number of hydrogen-bond donors (Lipinski definition) is 1. The summed E-state index contributed by atoms with van der Waals surface area (Å²) in [5.41, 5.74) is 2.44. The Morgan fingerprint density at radius 3 is 2.57 bits per heavy atom. The third kappa shape index (κ3) is 4.78. The van der Waals surface area contributed by atoms with Crippen molar-refractivity contribution in [3.8, 4) is 5.75 Å². The van der Waals surface area contributed by atoms with Crippen LogP contribution in [-0.4, -0.2) is 11.5 Å². The minimum Gasteiger partial charge on any atom is -0.489 e. The Balaban J connectivity index is 1.96. The highest BCUT2D eigenvalue weighted by atomic mass is 16.5. The average Bonchev–Trinajstić information content (AvgIpc) is 2.53. The number of nitrogens with zero attached hydrogens (tertiary/aromatic N) is 1. The van der Waals surface area contributed by atoms with E-state index in [4.69, 9.17) is 4.74 Å². The summed E-state index contributed by atoms with van der Waals surface area (Å²) in [6.07, 6.45) is 5.17. The van der Waals surface area contributed by atoms with E-state index in [0.29, 0.717) is 6.61 Å². The van der Waals surface area contributed by atoms with Crippen molar-refractivity contribution < 1.29 is 4.74 Å². The third-order valence-corrected chi connectivity index (χ3v) is 3.29. The van der Waals surface area contributed by atoms with Gasteiger partial charge in [0.2, 0.25) is 0 Å². The highest BCUT2D eigenvalue weighted by Crippen LogP contribution is 2.18. The van der Waals surface area contributed by atoms with Crippen molar-refractivity contribution in [2.75, 3.05) is 11.9 Å². The molecule has 0 saturated heterocycles. The minimum absolute atomic E-state index is 0.535. The molecule has 3 nitrogen and oxygen atoms in total. The minimum atomic E-state index is 0.535. The second-order valence-corrected chi connectivity index (χ2v) is 5.12. The lowest BCUT2D eigenvalue weighted by Crippen LogP contribution is -2.07. The normalized spacial score (nSPS) is 10.4. The number of hydrogen-bond acceptors (Lipinski definition) is 3. The Hall–Kier alpha value is -2.03. The first-order chi connectivity index (χ1) is 10.3. The van der Waals surface area contributed by atoms with Crippen LogP contribution in [0.2, 0.25) is 0 Å². The molecule has 0 bridgehead atoms. The first-order valence-corrected chi connectivity index (χ1v) is 7.73. The van der Waals surface area contributed by atoms with Crippen molar-refractivity contribution in [1.82, 2.24) is 4.98 Å². The second-order valence-electron chi connectivity index (χ2n) is 5.12. The summed E-state index contributed by atoms with van der Waals surface area (Å²) < 4.78 is 5.87. The summed E-state index contributed by atoms with van der Waals surface area (Å²) in [5, 5.41) is 3.33. The molecule has 1 aromatic heterocycles. The van der Waals surface area contributed by atoms with Crippen molar-refractivity contribution in [2.24, 2.45) is 0 Å². The highest BCUT2D eigenvalue weighted by Gasteiger charge is 2.03. The summed E-state index contributed by atoms with van der Waals surface area (Å²) in [5.74, 6) is 1.82. The molecule has 0 spiro atoms. The first kappa shape index (κ1) is 15.4. The molecule has 21 heavy (non-hydrogen) atoms. The van der Waals surface area contributed by atoms with Gasteiger partial charge in [0.05, 0.1) is 0 Å². The SMILES string of the molecule is CCCNc1ncccc1COc1ccc(CCC)cc1. The fraction of sp³-hybridized carbons (Fsp3) is 0.389. The number of benzene rings is 1. The van der Waals surface area contributed by atoms with Gasteiger partial charge in [0.1, 0.15) is 18.2 Å². The molecule has 0 aliphatic heterocycles. The number of aryl methyl sites for hydroxylation is 1. The lowest BCUT2D eigenvalue weighted by Gasteiger charge is -2.11. The van der Waals surface area contributed by atoms with E-state index in [1.165, 1.54) is 12.0 Å². The van der Waals surface area contributed by atoms with E-state index in [1.807, 2.05) is 18.2 Å². The van der Waals surface area contributed by atoms with E-state index < -0.39 is 0 Å². The van der Waals surface area contributed by atoms with E-state index in [9.17, 15) is 0 Å². The van der Waals surface area contributed by atoms with E-state index in [1.54, 1.807) is 6.20 Å². The zero-order valence-corrected chi connectivity index (χ0v) is 12.9. The van der Waals surface area contributed by atoms with Crippen LogP contribution in [0.4, 0.5) is 5.82 Å². The van der Waals surface area contributed by atoms with Gasteiger partial charge in [0.15, 0.2) is 0 Å². The molecule has 0 saturated carbocycles. The monoisotopic (exact) mass is 284 g/mol. The number of anilines is 1. The van der Waals surface area contributed by atoms with Crippen molar-refractivity contribution in [3.63, 3.8) is 0 Å². The number of ether oxygens (including phenoxy) is 1. The number of nitrogens with one attached hydrogen (secondary N) is 1. The molecule has 112 valence electrons. The molecule has 0 fully saturated rings. The number of pyridine rings is 1. The molecular weight excluding hydrogens is 260 g/mol. The molecule has 1 N–H and O–H groups in total. The molecule has 0 amide bonds. The first-order valence-electron chi connectivity index (χ1n) is 7.73. The van der Waals surface area contributed by atoms with Crippen molar-refractivity contribution in [1.29, 1.82) is 0 Å². The van der Waals surface area contributed by atoms with Crippen LogP contribution in [0.3, 0.4) is 0 Å². The van der Waals surface area contributed by atoms with Gasteiger partial charge in [-0.2, -0.15) is 0 Å². The Labute approximate surface area is 127 Å². The predicted molar refractivity (Wildman–Crippen MR) is 87.8 cm³/mol. The Morgan fingerprint density at radius 1 is 1.05 bits per heavy atom. The van der Waals surface area contributed by atoms with Crippen LogP contribution in [0.1, 0.15) is 37.8 Å². The summed E-state index contributed by atoms with van der Waals surface area (Å²) in [6, 6.07) is 12.4. The van der Waals surface area contributed by atoms with E-state index in [2.05, 4.69) is 42.3 Å². The zero-order valence-electron chi connectivity index (χ0n) is 12.9. The average molecular weight is 284 g/mol. The Bertz CT molecular complexity index is 537. The summed E-state index contributed by atoms with van der Waals surface area (Å²) in [7, 11) is 0. The number of rotatable bonds is 8. The molecular formula is C18H24N2O. The van der Waals surface area contributed by atoms with Crippen LogP contribution in [0, 0.1) is 0 Å². The maximum absolute atomic E-state index is 5.87. The number of aromatic nitrogens is 1. The molecule has 1 aromatic carbocycles. The van der Waals surface area contributed by atoms with Crippen LogP contribution in [0.15, 0.2) is 42.6 Å². The second kappa shape index (κ2) is 8.30. The molecule has 0 atom stereocenters. The van der Waals surface area contributed by atoms with Gasteiger partial charge < -0.3 is 10.1 Å². The van der Waals surface area contributed by atoms with Gasteiger partial charge >= 0.3 is 0 Å². The quantitative estimate of drug-likeness (QED) is 0.778. The van der Waals surface area contributed by atoms with Gasteiger partial charge in [-0.1, -0.05) is 38.5 Å². The zero-order chi connectivity index (χ0) is 14.9. The molecule has 2 aromatic rings. The molecule has 2 rings (SSSR count). The van der Waals surface area contributed by atoms with E-state index >= 15 is 0 Å². The molecule has 1 heterocycles. The van der Waals surface area contributed by atoms with Crippen LogP contribution in [0.25, 0.3) is 0 Å². The lowest BCUT2D eigenvalue weighted by atomic mass is 10.1. The maximum Gasteiger partial charge on any atom is 0.132 e. The molecule has 0 radical (unpaired) electrons. The van der Waals surface area contributed by atoms with Crippen LogP contribution in [0.5, 0.6) is 5.75 Å². The van der Waals surface area contributed by atoms with Crippen molar-refractivity contribution in [3.05, 3.63) is 53.7 Å². The third-order valence-electron chi connectivity index (χ3n) is 3.29. The molecule has 0 unspecified atom stereocenters. The molecule has 3 heteroatoms. The van der Waals surface area contributed by atoms with E-state index in [-0.39, 0.29) is 0 Å². The predicted octanol–water partition coefficient (Wildman–Crippen LogP) is 4.44. The highest BCUT2D eigenvalue weighted by molar-refractivity contribution is 5.43. The summed E-state index contributed by atoms with van der Waals surface area (Å²) in [4.78, 5) is 4.38. The van der Waals surface area contributed by atoms with Gasteiger partial charge in [-0.05, 0) is 36.6 Å². The Morgan fingerprint density at radius 2 is 1.86 bits per heavy atom.